The molecular weight excluding hydrogens is 158 g/mol. The van der Waals surface area contributed by atoms with Crippen LogP contribution in [0.3, 0.4) is 0 Å². The number of aromatic nitrogens is 2. The zero-order valence-corrected chi connectivity index (χ0v) is 6.91. The molecule has 0 amide bonds. The number of nitrogen functional groups attached to an aromatic ring is 1. The van der Waals surface area contributed by atoms with E-state index in [-0.39, 0.29) is 0 Å². The van der Waals surface area contributed by atoms with Crippen molar-refractivity contribution in [3.8, 4) is 11.6 Å². The zero-order chi connectivity index (χ0) is 8.55. The van der Waals surface area contributed by atoms with Gasteiger partial charge in [-0.25, -0.2) is 4.68 Å². The summed E-state index contributed by atoms with van der Waals surface area (Å²) in [5.41, 5.74) is 5.59. The Kier molecular flexibility index (Phi) is 1.56. The molecule has 5 heteroatoms. The predicted octanol–water partition coefficient (Wildman–Crippen LogP) is 0.164. The number of rotatable bonds is 0. The fraction of sp³-hybridized carbons (Fsp3) is 0.571. The average Bonchev–Trinajstić information content (AvgIpc) is 2.29. The lowest BCUT2D eigenvalue weighted by atomic mass is 10.5. The second-order valence-electron chi connectivity index (χ2n) is 2.69. The molecule has 12 heavy (non-hydrogen) atoms. The van der Waals surface area contributed by atoms with Gasteiger partial charge in [-0.15, -0.1) is 5.10 Å². The van der Waals surface area contributed by atoms with Crippen LogP contribution >= 0.6 is 0 Å². The Balaban J connectivity index is 2.44. The molecule has 0 unspecified atom stereocenters. The number of anilines is 1. The van der Waals surface area contributed by atoms with E-state index in [2.05, 4.69) is 5.10 Å². The van der Waals surface area contributed by atoms with E-state index < -0.39 is 0 Å². The molecule has 0 aromatic carbocycles. The molecule has 1 aromatic heterocycles. The second-order valence-corrected chi connectivity index (χ2v) is 2.69. The molecule has 1 aliphatic heterocycles. The normalized spacial score (nSPS) is 15.8. The summed E-state index contributed by atoms with van der Waals surface area (Å²) in [5, 5.41) is 3.98. The number of hydrogen-bond donors (Lipinski definition) is 1. The Morgan fingerprint density at radius 3 is 3.00 bits per heavy atom. The molecule has 1 aromatic rings. The molecule has 0 bridgehead atoms. The van der Waals surface area contributed by atoms with Gasteiger partial charge in [0.2, 0.25) is 5.75 Å². The van der Waals surface area contributed by atoms with Crippen LogP contribution in [0.2, 0.25) is 0 Å². The predicted molar refractivity (Wildman–Crippen MR) is 43.2 cm³/mol. The number of hydrogen-bond acceptors (Lipinski definition) is 4. The number of nitrogens with two attached hydrogens (primary N) is 1. The monoisotopic (exact) mass is 169 g/mol. The lowest BCUT2D eigenvalue weighted by Crippen LogP contribution is -2.02. The van der Waals surface area contributed by atoms with Gasteiger partial charge in [-0.1, -0.05) is 0 Å². The highest BCUT2D eigenvalue weighted by Crippen LogP contribution is 2.33. The quantitative estimate of drug-likeness (QED) is 0.601. The van der Waals surface area contributed by atoms with Crippen LogP contribution in [-0.4, -0.2) is 23.0 Å². The summed E-state index contributed by atoms with van der Waals surface area (Å²) in [5.74, 6) is 1.61. The lowest BCUT2D eigenvalue weighted by molar-refractivity contribution is 0.282. The molecule has 5 nitrogen and oxygen atoms in total. The molecule has 2 heterocycles. The maximum atomic E-state index is 5.59. The Morgan fingerprint density at radius 2 is 2.17 bits per heavy atom. The van der Waals surface area contributed by atoms with E-state index in [1.165, 1.54) is 0 Å². The van der Waals surface area contributed by atoms with Crippen LogP contribution in [0.5, 0.6) is 11.6 Å². The van der Waals surface area contributed by atoms with Crippen molar-refractivity contribution in [3.63, 3.8) is 0 Å². The molecule has 0 spiro atoms. The fourth-order valence-electron chi connectivity index (χ4n) is 1.21. The maximum Gasteiger partial charge on any atom is 0.257 e. The second kappa shape index (κ2) is 2.58. The first-order valence-corrected chi connectivity index (χ1v) is 3.87. The largest absolute Gasteiger partial charge is 0.485 e. The summed E-state index contributed by atoms with van der Waals surface area (Å²) in [6.45, 7) is 1.30. The van der Waals surface area contributed by atoms with E-state index in [1.807, 2.05) is 0 Å². The Morgan fingerprint density at radius 1 is 1.42 bits per heavy atom. The average molecular weight is 169 g/mol. The van der Waals surface area contributed by atoms with Crippen molar-refractivity contribution < 1.29 is 9.47 Å². The summed E-state index contributed by atoms with van der Waals surface area (Å²) in [6.07, 6.45) is 0.883. The SMILES string of the molecule is Cn1nc(N)c2c1OCCCO2. The van der Waals surface area contributed by atoms with E-state index in [9.17, 15) is 0 Å². The van der Waals surface area contributed by atoms with Crippen LogP contribution in [0, 0.1) is 0 Å². The highest BCUT2D eigenvalue weighted by molar-refractivity contribution is 5.53. The number of ether oxygens (including phenoxy) is 2. The van der Waals surface area contributed by atoms with Crippen molar-refractivity contribution >= 4 is 5.82 Å². The zero-order valence-electron chi connectivity index (χ0n) is 6.91. The molecule has 2 rings (SSSR count). The molecular formula is C7H11N3O2. The minimum Gasteiger partial charge on any atom is -0.485 e. The maximum absolute atomic E-state index is 5.59. The van der Waals surface area contributed by atoms with Gasteiger partial charge >= 0.3 is 0 Å². The number of fused-ring (bicyclic) bond motifs is 1. The van der Waals surface area contributed by atoms with Crippen molar-refractivity contribution in [1.82, 2.24) is 9.78 Å². The molecule has 2 N–H and O–H groups in total. The first kappa shape index (κ1) is 7.27. The van der Waals surface area contributed by atoms with Gasteiger partial charge in [-0.2, -0.15) is 0 Å². The molecule has 0 fully saturated rings. The fourth-order valence-corrected chi connectivity index (χ4v) is 1.21. The summed E-state index contributed by atoms with van der Waals surface area (Å²) in [7, 11) is 1.78. The highest BCUT2D eigenvalue weighted by Gasteiger charge is 2.19. The van der Waals surface area contributed by atoms with E-state index in [1.54, 1.807) is 11.7 Å². The minimum absolute atomic E-state index is 0.398. The van der Waals surface area contributed by atoms with Crippen molar-refractivity contribution in [2.24, 2.45) is 7.05 Å². The Bertz CT molecular complexity index is 269. The van der Waals surface area contributed by atoms with Gasteiger partial charge in [-0.3, -0.25) is 0 Å². The van der Waals surface area contributed by atoms with Gasteiger partial charge in [0, 0.05) is 13.5 Å². The van der Waals surface area contributed by atoms with Gasteiger partial charge in [0.1, 0.15) is 0 Å². The van der Waals surface area contributed by atoms with Gasteiger partial charge in [0.25, 0.3) is 5.88 Å². The molecule has 66 valence electrons. The standard InChI is InChI=1S/C7H11N3O2/c1-10-7-5(6(8)9-10)11-3-2-4-12-7/h2-4H2,1H3,(H2,8,9). The van der Waals surface area contributed by atoms with Crippen LogP contribution < -0.4 is 15.2 Å². The highest BCUT2D eigenvalue weighted by atomic mass is 16.5. The third-order valence-corrected chi connectivity index (χ3v) is 1.75. The molecule has 0 radical (unpaired) electrons. The third-order valence-electron chi connectivity index (χ3n) is 1.75. The van der Waals surface area contributed by atoms with Gasteiger partial charge in [-0.05, 0) is 0 Å². The van der Waals surface area contributed by atoms with Crippen LogP contribution in [0.25, 0.3) is 0 Å². The van der Waals surface area contributed by atoms with Crippen LogP contribution in [0.4, 0.5) is 5.82 Å². The summed E-state index contributed by atoms with van der Waals surface area (Å²) < 4.78 is 12.4. The first-order valence-electron chi connectivity index (χ1n) is 3.87. The molecule has 0 saturated heterocycles. The van der Waals surface area contributed by atoms with Crippen molar-refractivity contribution in [2.75, 3.05) is 18.9 Å². The number of nitrogens with zero attached hydrogens (tertiary/aromatic N) is 2. The summed E-state index contributed by atoms with van der Waals surface area (Å²) in [4.78, 5) is 0. The number of aryl methyl sites for hydroxylation is 1. The van der Waals surface area contributed by atoms with Gasteiger partial charge in [0.05, 0.1) is 13.2 Å². The van der Waals surface area contributed by atoms with Gasteiger partial charge < -0.3 is 15.2 Å². The molecule has 0 atom stereocenters. The lowest BCUT2D eigenvalue weighted by Gasteiger charge is -2.01. The van der Waals surface area contributed by atoms with Crippen molar-refractivity contribution in [2.45, 2.75) is 6.42 Å². The Labute approximate surface area is 70.1 Å². The third kappa shape index (κ3) is 0.975. The van der Waals surface area contributed by atoms with E-state index in [4.69, 9.17) is 15.2 Å². The van der Waals surface area contributed by atoms with Crippen LogP contribution in [-0.2, 0) is 7.05 Å². The van der Waals surface area contributed by atoms with Crippen LogP contribution in [0.15, 0.2) is 0 Å². The molecule has 0 saturated carbocycles. The molecule has 1 aliphatic rings. The van der Waals surface area contributed by atoms with E-state index in [0.29, 0.717) is 30.7 Å². The summed E-state index contributed by atoms with van der Waals surface area (Å²) >= 11 is 0. The van der Waals surface area contributed by atoms with E-state index >= 15 is 0 Å². The topological polar surface area (TPSA) is 62.3 Å². The molecule has 0 aliphatic carbocycles. The minimum atomic E-state index is 0.398. The van der Waals surface area contributed by atoms with Crippen molar-refractivity contribution in [3.05, 3.63) is 0 Å². The smallest absolute Gasteiger partial charge is 0.257 e. The van der Waals surface area contributed by atoms with Gasteiger partial charge in [0.15, 0.2) is 5.82 Å². The summed E-state index contributed by atoms with van der Waals surface area (Å²) in [6, 6.07) is 0. The Hall–Kier alpha value is -1.39. The van der Waals surface area contributed by atoms with E-state index in [0.717, 1.165) is 6.42 Å². The first-order chi connectivity index (χ1) is 5.79. The van der Waals surface area contributed by atoms with Crippen LogP contribution in [0.1, 0.15) is 6.42 Å². The van der Waals surface area contributed by atoms with Crippen molar-refractivity contribution in [1.29, 1.82) is 0 Å².